The molecular formula is C35H42BrClN4O6. The summed E-state index contributed by atoms with van der Waals surface area (Å²) in [5.41, 5.74) is 16.4. The Bertz CT molecular complexity index is 1690. The second-order valence-corrected chi connectivity index (χ2v) is 12.0. The van der Waals surface area contributed by atoms with Crippen LogP contribution in [0.5, 0.6) is 5.75 Å². The maximum Gasteiger partial charge on any atom is 0.338 e. The van der Waals surface area contributed by atoms with E-state index in [-0.39, 0.29) is 25.2 Å². The normalized spacial score (nSPS) is 11.5. The molecule has 0 saturated carbocycles. The van der Waals surface area contributed by atoms with Gasteiger partial charge in [-0.2, -0.15) is 0 Å². The number of rotatable bonds is 12. The quantitative estimate of drug-likeness (QED) is 0.0918. The van der Waals surface area contributed by atoms with Crippen molar-refractivity contribution in [1.29, 1.82) is 0 Å². The van der Waals surface area contributed by atoms with Crippen molar-refractivity contribution in [2.75, 3.05) is 45.7 Å². The number of carbonyl (C=O) groups is 3. The van der Waals surface area contributed by atoms with Gasteiger partial charge < -0.3 is 30.6 Å². The minimum Gasteiger partial charge on any atom is -0.497 e. The average molecular weight is 730 g/mol. The van der Waals surface area contributed by atoms with Gasteiger partial charge in [-0.05, 0) is 115 Å². The third-order valence-corrected chi connectivity index (χ3v) is 8.46. The summed E-state index contributed by atoms with van der Waals surface area (Å²) in [6.07, 6.45) is 0.725. The van der Waals surface area contributed by atoms with Crippen LogP contribution in [0.1, 0.15) is 65.2 Å². The SMILES string of the molecule is CCN(CC)CCC(N)c1cc(C(=O)OCCOC(C)=O)cc(Br)c1N.COc1ccc2c(c1)cc(C)n2C(=O)c1ccc(Cl)cc1. The average Bonchev–Trinajstić information content (AvgIpc) is 3.39. The van der Waals surface area contributed by atoms with Crippen molar-refractivity contribution in [1.82, 2.24) is 9.47 Å². The Morgan fingerprint density at radius 2 is 1.62 bits per heavy atom. The molecule has 0 fully saturated rings. The second kappa shape index (κ2) is 17.9. The van der Waals surface area contributed by atoms with Crippen molar-refractivity contribution in [2.24, 2.45) is 5.73 Å². The molecule has 0 bridgehead atoms. The van der Waals surface area contributed by atoms with Crippen molar-refractivity contribution in [3.05, 3.63) is 92.5 Å². The van der Waals surface area contributed by atoms with Crippen LogP contribution in [0.25, 0.3) is 10.9 Å². The smallest absolute Gasteiger partial charge is 0.338 e. The molecule has 252 valence electrons. The Balaban J connectivity index is 0.000000260. The van der Waals surface area contributed by atoms with Crippen molar-refractivity contribution in [3.63, 3.8) is 0 Å². The lowest BCUT2D eigenvalue weighted by atomic mass is 9.99. The van der Waals surface area contributed by atoms with Crippen LogP contribution in [-0.2, 0) is 14.3 Å². The maximum atomic E-state index is 12.7. The number of aromatic nitrogens is 1. The Morgan fingerprint density at radius 3 is 2.23 bits per heavy atom. The Labute approximate surface area is 289 Å². The summed E-state index contributed by atoms with van der Waals surface area (Å²) in [6, 6.07) is 17.5. The number of ether oxygens (including phenoxy) is 3. The maximum absolute atomic E-state index is 12.7. The Hall–Kier alpha value is -3.90. The Kier molecular flexibility index (Phi) is 14.3. The molecule has 4 N–H and O–H groups in total. The number of esters is 2. The molecule has 3 aromatic carbocycles. The van der Waals surface area contributed by atoms with Crippen molar-refractivity contribution >= 4 is 62.0 Å². The molecule has 12 heteroatoms. The van der Waals surface area contributed by atoms with Gasteiger partial charge >= 0.3 is 11.9 Å². The molecule has 1 aromatic heterocycles. The first-order valence-electron chi connectivity index (χ1n) is 15.2. The number of hydrogen-bond acceptors (Lipinski definition) is 9. The van der Waals surface area contributed by atoms with Gasteiger partial charge in [0.15, 0.2) is 0 Å². The number of aryl methyl sites for hydroxylation is 1. The van der Waals surface area contributed by atoms with Gasteiger partial charge in [0.2, 0.25) is 0 Å². The summed E-state index contributed by atoms with van der Waals surface area (Å²) in [7, 11) is 1.63. The third kappa shape index (κ3) is 10.3. The van der Waals surface area contributed by atoms with Crippen LogP contribution in [0.15, 0.2) is 65.1 Å². The number of hydrogen-bond donors (Lipinski definition) is 2. The molecule has 0 amide bonds. The lowest BCUT2D eigenvalue weighted by Gasteiger charge is -2.22. The van der Waals surface area contributed by atoms with E-state index < -0.39 is 11.9 Å². The Morgan fingerprint density at radius 1 is 0.957 bits per heavy atom. The molecule has 4 rings (SSSR count). The van der Waals surface area contributed by atoms with E-state index in [2.05, 4.69) is 34.7 Å². The summed E-state index contributed by atoms with van der Waals surface area (Å²) in [4.78, 5) is 37.9. The highest BCUT2D eigenvalue weighted by Crippen LogP contribution is 2.31. The van der Waals surface area contributed by atoms with E-state index in [9.17, 15) is 14.4 Å². The predicted molar refractivity (Wildman–Crippen MR) is 189 cm³/mol. The third-order valence-electron chi connectivity index (χ3n) is 7.56. The van der Waals surface area contributed by atoms with Crippen LogP contribution in [0, 0.1) is 6.92 Å². The number of nitrogen functional groups attached to an aromatic ring is 1. The molecule has 0 radical (unpaired) electrons. The predicted octanol–water partition coefficient (Wildman–Crippen LogP) is 6.78. The first-order valence-corrected chi connectivity index (χ1v) is 16.4. The summed E-state index contributed by atoms with van der Waals surface area (Å²) in [6.45, 7) is 10.2. The highest BCUT2D eigenvalue weighted by molar-refractivity contribution is 9.10. The van der Waals surface area contributed by atoms with Crippen molar-refractivity contribution in [3.8, 4) is 5.75 Å². The standard InChI is InChI=1S/C18H28BrN3O4.C17H14ClNO2/c1-4-22(5-2)7-6-16(20)14-10-13(11-15(19)17(14)21)18(24)26-9-8-25-12(3)23;1-11-9-13-10-15(21-2)7-8-16(13)19(11)17(20)12-3-5-14(18)6-4-12/h10-11,16H,4-9,20-21H2,1-3H3;3-10H,1-2H3. The molecule has 0 aliphatic heterocycles. The van der Waals surface area contributed by atoms with Crippen LogP contribution in [0.3, 0.4) is 0 Å². The minimum absolute atomic E-state index is 0.0102. The zero-order chi connectivity index (χ0) is 34.7. The molecule has 1 heterocycles. The number of halogens is 2. The second-order valence-electron chi connectivity index (χ2n) is 10.7. The lowest BCUT2D eigenvalue weighted by Crippen LogP contribution is -2.27. The number of benzene rings is 3. The first-order chi connectivity index (χ1) is 22.4. The number of anilines is 1. The fourth-order valence-electron chi connectivity index (χ4n) is 4.93. The van der Waals surface area contributed by atoms with Crippen LogP contribution in [0.2, 0.25) is 5.02 Å². The van der Waals surface area contributed by atoms with Gasteiger partial charge in [0.25, 0.3) is 5.91 Å². The van der Waals surface area contributed by atoms with Gasteiger partial charge in [0.1, 0.15) is 19.0 Å². The van der Waals surface area contributed by atoms with Gasteiger partial charge in [0.05, 0.1) is 23.9 Å². The summed E-state index contributed by atoms with van der Waals surface area (Å²) >= 11 is 9.24. The summed E-state index contributed by atoms with van der Waals surface area (Å²) < 4.78 is 17.4. The molecule has 10 nitrogen and oxygen atoms in total. The van der Waals surface area contributed by atoms with E-state index in [1.165, 1.54) is 6.92 Å². The van der Waals surface area contributed by atoms with Gasteiger partial charge in [-0.3, -0.25) is 14.2 Å². The van der Waals surface area contributed by atoms with Crippen LogP contribution >= 0.6 is 27.5 Å². The summed E-state index contributed by atoms with van der Waals surface area (Å²) in [5, 5.41) is 1.60. The molecule has 47 heavy (non-hydrogen) atoms. The fourth-order valence-corrected chi connectivity index (χ4v) is 5.53. The van der Waals surface area contributed by atoms with Gasteiger partial charge in [-0.25, -0.2) is 4.79 Å². The number of carbonyl (C=O) groups excluding carboxylic acids is 3. The summed E-state index contributed by atoms with van der Waals surface area (Å²) in [5.74, 6) is -0.226. The van der Waals surface area contributed by atoms with Gasteiger partial charge in [-0.15, -0.1) is 0 Å². The van der Waals surface area contributed by atoms with E-state index in [4.69, 9.17) is 37.3 Å². The number of fused-ring (bicyclic) bond motifs is 1. The monoisotopic (exact) mass is 728 g/mol. The topological polar surface area (TPSA) is 139 Å². The zero-order valence-electron chi connectivity index (χ0n) is 27.3. The molecule has 1 unspecified atom stereocenters. The molecule has 0 aliphatic carbocycles. The minimum atomic E-state index is -0.518. The molecule has 0 saturated heterocycles. The molecule has 1 atom stereocenters. The van der Waals surface area contributed by atoms with Crippen molar-refractivity contribution < 1.29 is 28.6 Å². The largest absolute Gasteiger partial charge is 0.497 e. The highest BCUT2D eigenvalue weighted by Gasteiger charge is 2.18. The van der Waals surface area contributed by atoms with E-state index >= 15 is 0 Å². The zero-order valence-corrected chi connectivity index (χ0v) is 29.7. The molecule has 4 aromatic rings. The number of nitrogens with two attached hydrogens (primary N) is 2. The first kappa shape index (κ1) is 37.6. The van der Waals surface area contributed by atoms with Crippen LogP contribution < -0.4 is 16.2 Å². The number of methoxy groups -OCH3 is 1. The van der Waals surface area contributed by atoms with E-state index in [0.717, 1.165) is 48.4 Å². The van der Waals surface area contributed by atoms with Gasteiger partial charge in [0, 0.05) is 39.1 Å². The lowest BCUT2D eigenvalue weighted by molar-refractivity contribution is -0.142. The van der Waals surface area contributed by atoms with Crippen LogP contribution in [-0.4, -0.2) is 67.3 Å². The highest BCUT2D eigenvalue weighted by atomic mass is 79.9. The van der Waals surface area contributed by atoms with E-state index in [1.807, 2.05) is 31.2 Å². The fraction of sp³-hybridized carbons (Fsp3) is 0.343. The molecule has 0 aliphatic rings. The number of nitrogens with zero attached hydrogens (tertiary/aromatic N) is 2. The van der Waals surface area contributed by atoms with Gasteiger partial charge in [-0.1, -0.05) is 25.4 Å². The van der Waals surface area contributed by atoms with Crippen molar-refractivity contribution in [2.45, 2.75) is 40.2 Å². The molecule has 0 spiro atoms. The van der Waals surface area contributed by atoms with E-state index in [1.54, 1.807) is 48.1 Å². The molecular weight excluding hydrogens is 688 g/mol. The van der Waals surface area contributed by atoms with E-state index in [0.29, 0.717) is 31.9 Å². The van der Waals surface area contributed by atoms with Crippen LogP contribution in [0.4, 0.5) is 5.69 Å².